The van der Waals surface area contributed by atoms with Crippen LogP contribution in [0.4, 0.5) is 5.69 Å². The molecular weight excluding hydrogens is 248 g/mol. The van der Waals surface area contributed by atoms with Crippen LogP contribution in [0.15, 0.2) is 48.8 Å². The van der Waals surface area contributed by atoms with Crippen molar-refractivity contribution in [2.75, 3.05) is 11.9 Å². The van der Waals surface area contributed by atoms with E-state index >= 15 is 0 Å². The van der Waals surface area contributed by atoms with E-state index in [1.807, 2.05) is 30.5 Å². The summed E-state index contributed by atoms with van der Waals surface area (Å²) in [4.78, 5) is 4.08. The van der Waals surface area contributed by atoms with Gasteiger partial charge in [0, 0.05) is 18.9 Å². The molecule has 3 nitrogen and oxygen atoms in total. The van der Waals surface area contributed by atoms with Crippen molar-refractivity contribution in [3.8, 4) is 5.75 Å². The number of nitrogens with zero attached hydrogens (tertiary/aromatic N) is 1. The second-order valence-corrected chi connectivity index (χ2v) is 5.27. The van der Waals surface area contributed by atoms with Crippen LogP contribution in [0.3, 0.4) is 0 Å². The lowest BCUT2D eigenvalue weighted by Gasteiger charge is -2.09. The van der Waals surface area contributed by atoms with Gasteiger partial charge >= 0.3 is 0 Å². The van der Waals surface area contributed by atoms with Crippen LogP contribution >= 0.6 is 0 Å². The molecule has 2 rings (SSSR count). The molecule has 0 atom stereocenters. The number of ether oxygens (including phenoxy) is 1. The van der Waals surface area contributed by atoms with Gasteiger partial charge < -0.3 is 10.1 Å². The number of rotatable bonds is 7. The number of nitrogens with one attached hydrogen (secondary N) is 1. The second kappa shape index (κ2) is 7.53. The molecule has 0 fully saturated rings. The van der Waals surface area contributed by atoms with Crippen LogP contribution in [0, 0.1) is 5.92 Å². The highest BCUT2D eigenvalue weighted by atomic mass is 16.5. The number of pyridine rings is 1. The molecule has 106 valence electrons. The van der Waals surface area contributed by atoms with Crippen molar-refractivity contribution < 1.29 is 4.74 Å². The van der Waals surface area contributed by atoms with Crippen molar-refractivity contribution in [3.05, 3.63) is 54.4 Å². The lowest BCUT2D eigenvalue weighted by Crippen LogP contribution is -2.02. The maximum Gasteiger partial charge on any atom is 0.119 e. The lowest BCUT2D eigenvalue weighted by atomic mass is 10.1. The lowest BCUT2D eigenvalue weighted by molar-refractivity contribution is 0.289. The summed E-state index contributed by atoms with van der Waals surface area (Å²) >= 11 is 0. The van der Waals surface area contributed by atoms with Crippen molar-refractivity contribution in [3.63, 3.8) is 0 Å². The third-order valence-corrected chi connectivity index (χ3v) is 3.05. The van der Waals surface area contributed by atoms with Gasteiger partial charge in [0.2, 0.25) is 0 Å². The summed E-state index contributed by atoms with van der Waals surface area (Å²) in [6.45, 7) is 5.98. The number of hydrogen-bond acceptors (Lipinski definition) is 3. The molecule has 0 radical (unpaired) electrons. The van der Waals surface area contributed by atoms with Crippen molar-refractivity contribution in [1.29, 1.82) is 0 Å². The van der Waals surface area contributed by atoms with Gasteiger partial charge in [-0.05, 0) is 42.2 Å². The first-order valence-corrected chi connectivity index (χ1v) is 7.09. The Morgan fingerprint density at radius 2 is 1.95 bits per heavy atom. The van der Waals surface area contributed by atoms with Gasteiger partial charge in [0.25, 0.3) is 0 Å². The van der Waals surface area contributed by atoms with Gasteiger partial charge in [-0.1, -0.05) is 26.0 Å². The Morgan fingerprint density at radius 1 is 1.15 bits per heavy atom. The zero-order valence-electron chi connectivity index (χ0n) is 12.2. The summed E-state index contributed by atoms with van der Waals surface area (Å²) in [5, 5.41) is 3.34. The maximum atomic E-state index is 5.70. The average Bonchev–Trinajstić information content (AvgIpc) is 2.47. The summed E-state index contributed by atoms with van der Waals surface area (Å²) < 4.78 is 5.70. The number of hydrogen-bond donors (Lipinski definition) is 1. The smallest absolute Gasteiger partial charge is 0.119 e. The van der Waals surface area contributed by atoms with Gasteiger partial charge in [0.1, 0.15) is 5.75 Å². The van der Waals surface area contributed by atoms with Gasteiger partial charge in [0.05, 0.1) is 12.3 Å². The minimum absolute atomic E-state index is 0.679. The zero-order valence-corrected chi connectivity index (χ0v) is 12.2. The fraction of sp³-hybridized carbons (Fsp3) is 0.353. The molecule has 0 amide bonds. The van der Waals surface area contributed by atoms with Crippen molar-refractivity contribution in [1.82, 2.24) is 4.98 Å². The monoisotopic (exact) mass is 270 g/mol. The van der Waals surface area contributed by atoms with Gasteiger partial charge in [-0.25, -0.2) is 0 Å². The van der Waals surface area contributed by atoms with Crippen LogP contribution in [0.2, 0.25) is 0 Å². The van der Waals surface area contributed by atoms with E-state index in [0.29, 0.717) is 5.92 Å². The quantitative estimate of drug-likeness (QED) is 0.821. The normalized spacial score (nSPS) is 10.6. The third kappa shape index (κ3) is 4.92. The summed E-state index contributed by atoms with van der Waals surface area (Å²) in [6.07, 6.45) is 4.68. The molecule has 0 saturated heterocycles. The summed E-state index contributed by atoms with van der Waals surface area (Å²) in [7, 11) is 0. The molecule has 1 N–H and O–H groups in total. The van der Waals surface area contributed by atoms with Crippen LogP contribution in [-0.2, 0) is 6.54 Å². The van der Waals surface area contributed by atoms with Gasteiger partial charge in [-0.15, -0.1) is 0 Å². The van der Waals surface area contributed by atoms with Gasteiger partial charge in [-0.2, -0.15) is 0 Å². The molecule has 0 aliphatic heterocycles. The average molecular weight is 270 g/mol. The van der Waals surface area contributed by atoms with Crippen LogP contribution < -0.4 is 10.1 Å². The zero-order chi connectivity index (χ0) is 14.2. The minimum Gasteiger partial charge on any atom is -0.494 e. The Labute approximate surface area is 121 Å². The molecule has 2 aromatic rings. The van der Waals surface area contributed by atoms with E-state index in [1.54, 1.807) is 6.20 Å². The van der Waals surface area contributed by atoms with E-state index in [4.69, 9.17) is 4.74 Å². The Bertz CT molecular complexity index is 494. The summed E-state index contributed by atoms with van der Waals surface area (Å²) in [5.41, 5.74) is 2.26. The maximum absolute atomic E-state index is 5.70. The molecule has 1 aromatic heterocycles. The van der Waals surface area contributed by atoms with Gasteiger partial charge in [-0.3, -0.25) is 4.98 Å². The largest absolute Gasteiger partial charge is 0.494 e. The van der Waals surface area contributed by atoms with Crippen LogP contribution in [-0.4, -0.2) is 11.6 Å². The van der Waals surface area contributed by atoms with E-state index in [1.165, 1.54) is 5.56 Å². The predicted octanol–water partition coefficient (Wildman–Crippen LogP) is 4.12. The molecule has 0 spiro atoms. The van der Waals surface area contributed by atoms with Crippen molar-refractivity contribution >= 4 is 5.69 Å². The highest BCUT2D eigenvalue weighted by molar-refractivity contribution is 5.41. The molecular formula is C17H22N2O. The molecule has 1 heterocycles. The molecule has 0 bridgehead atoms. The molecule has 3 heteroatoms. The molecule has 20 heavy (non-hydrogen) atoms. The highest BCUT2D eigenvalue weighted by Crippen LogP contribution is 2.14. The number of benzene rings is 1. The van der Waals surface area contributed by atoms with Crippen LogP contribution in [0.1, 0.15) is 25.8 Å². The molecule has 0 aliphatic rings. The fourth-order valence-electron chi connectivity index (χ4n) is 1.79. The van der Waals surface area contributed by atoms with E-state index in [9.17, 15) is 0 Å². The summed E-state index contributed by atoms with van der Waals surface area (Å²) in [6, 6.07) is 12.2. The molecule has 1 aromatic carbocycles. The molecule has 0 unspecified atom stereocenters. The Hall–Kier alpha value is -2.03. The Morgan fingerprint density at radius 3 is 2.60 bits per heavy atom. The topological polar surface area (TPSA) is 34.1 Å². The van der Waals surface area contributed by atoms with Gasteiger partial charge in [0.15, 0.2) is 0 Å². The predicted molar refractivity (Wildman–Crippen MR) is 83.0 cm³/mol. The first kappa shape index (κ1) is 14.4. The standard InChI is InChI=1S/C17H22N2O/c1-14(2)9-11-20-17-7-5-15(6-8-17)12-19-16-4-3-10-18-13-16/h3-8,10,13-14,19H,9,11-12H2,1-2H3. The molecule has 0 saturated carbocycles. The van der Waals surface area contributed by atoms with E-state index in [0.717, 1.165) is 31.0 Å². The third-order valence-electron chi connectivity index (χ3n) is 3.05. The SMILES string of the molecule is CC(C)CCOc1ccc(CNc2cccnc2)cc1. The number of aromatic nitrogens is 1. The highest BCUT2D eigenvalue weighted by Gasteiger charge is 1.98. The van der Waals surface area contributed by atoms with E-state index in [-0.39, 0.29) is 0 Å². The van der Waals surface area contributed by atoms with Crippen LogP contribution in [0.5, 0.6) is 5.75 Å². The Balaban J connectivity index is 1.79. The minimum atomic E-state index is 0.679. The van der Waals surface area contributed by atoms with E-state index in [2.05, 4.69) is 36.3 Å². The summed E-state index contributed by atoms with van der Waals surface area (Å²) in [5.74, 6) is 1.62. The van der Waals surface area contributed by atoms with E-state index < -0.39 is 0 Å². The first-order chi connectivity index (χ1) is 9.74. The van der Waals surface area contributed by atoms with Crippen molar-refractivity contribution in [2.45, 2.75) is 26.8 Å². The second-order valence-electron chi connectivity index (χ2n) is 5.27. The fourth-order valence-corrected chi connectivity index (χ4v) is 1.79. The number of anilines is 1. The first-order valence-electron chi connectivity index (χ1n) is 7.09. The molecule has 0 aliphatic carbocycles. The van der Waals surface area contributed by atoms with Crippen LogP contribution in [0.25, 0.3) is 0 Å². The van der Waals surface area contributed by atoms with Crippen molar-refractivity contribution in [2.24, 2.45) is 5.92 Å². The Kier molecular flexibility index (Phi) is 5.42.